The van der Waals surface area contributed by atoms with Crippen molar-refractivity contribution in [2.75, 3.05) is 13.7 Å². The highest BCUT2D eigenvalue weighted by atomic mass is 79.9. The second-order valence-corrected chi connectivity index (χ2v) is 7.89. The number of likely N-dealkylation sites (N-methyl/N-ethyl adjacent to an activating group) is 1. The first kappa shape index (κ1) is 20.2. The second-order valence-electron chi connectivity index (χ2n) is 6.20. The van der Waals surface area contributed by atoms with Crippen molar-refractivity contribution in [1.82, 2.24) is 14.5 Å². The van der Waals surface area contributed by atoms with Gasteiger partial charge in [-0.2, -0.15) is 11.3 Å². The van der Waals surface area contributed by atoms with Crippen LogP contribution in [0.25, 0.3) is 10.9 Å². The number of amides is 1. The van der Waals surface area contributed by atoms with Crippen molar-refractivity contribution < 1.29 is 14.3 Å². The number of thiophene rings is 1. The van der Waals surface area contributed by atoms with E-state index in [0.717, 1.165) is 10.0 Å². The first-order valence-electron chi connectivity index (χ1n) is 8.49. The zero-order valence-corrected chi connectivity index (χ0v) is 17.5. The van der Waals surface area contributed by atoms with Crippen molar-refractivity contribution in [3.63, 3.8) is 0 Å². The molecule has 0 spiro atoms. The number of halogens is 1. The molecule has 0 saturated carbocycles. The Labute approximate surface area is 173 Å². The molecule has 0 atom stereocenters. The third-order valence-electron chi connectivity index (χ3n) is 4.13. The van der Waals surface area contributed by atoms with Crippen LogP contribution in [0, 0.1) is 0 Å². The summed E-state index contributed by atoms with van der Waals surface area (Å²) in [6.45, 7) is 0.275. The highest BCUT2D eigenvalue weighted by Gasteiger charge is 2.13. The van der Waals surface area contributed by atoms with Crippen LogP contribution in [0.15, 0.2) is 50.6 Å². The Morgan fingerprint density at radius 1 is 1.32 bits per heavy atom. The number of carbonyl (C=O) groups excluding carboxylic acids is 2. The van der Waals surface area contributed by atoms with Gasteiger partial charge in [0.05, 0.1) is 23.7 Å². The van der Waals surface area contributed by atoms with Gasteiger partial charge in [-0.3, -0.25) is 19.0 Å². The molecule has 28 heavy (non-hydrogen) atoms. The molecule has 2 heterocycles. The van der Waals surface area contributed by atoms with Crippen LogP contribution >= 0.6 is 27.3 Å². The van der Waals surface area contributed by atoms with Crippen LogP contribution in [-0.4, -0.2) is 40.0 Å². The maximum absolute atomic E-state index is 12.5. The molecule has 146 valence electrons. The smallest absolute Gasteiger partial charge is 0.308 e. The number of rotatable bonds is 7. The van der Waals surface area contributed by atoms with Crippen molar-refractivity contribution in [3.05, 3.63) is 61.7 Å². The fourth-order valence-corrected chi connectivity index (χ4v) is 3.59. The van der Waals surface area contributed by atoms with Crippen LogP contribution in [0.4, 0.5) is 0 Å². The third kappa shape index (κ3) is 5.05. The molecule has 0 aliphatic carbocycles. The lowest BCUT2D eigenvalue weighted by Gasteiger charge is -2.16. The Kier molecular flexibility index (Phi) is 6.58. The molecule has 0 saturated heterocycles. The molecule has 0 N–H and O–H groups in total. The lowest BCUT2D eigenvalue weighted by Crippen LogP contribution is -2.31. The average molecular weight is 464 g/mol. The zero-order chi connectivity index (χ0) is 20.1. The van der Waals surface area contributed by atoms with E-state index in [1.54, 1.807) is 30.5 Å². The van der Waals surface area contributed by atoms with Gasteiger partial charge in [-0.15, -0.1) is 0 Å². The monoisotopic (exact) mass is 463 g/mol. The van der Waals surface area contributed by atoms with Gasteiger partial charge in [-0.25, -0.2) is 4.98 Å². The highest BCUT2D eigenvalue weighted by Crippen LogP contribution is 2.15. The van der Waals surface area contributed by atoms with E-state index in [1.165, 1.54) is 15.8 Å². The topological polar surface area (TPSA) is 81.5 Å². The summed E-state index contributed by atoms with van der Waals surface area (Å²) >= 11 is 4.89. The molecule has 0 aliphatic heterocycles. The number of esters is 1. The van der Waals surface area contributed by atoms with E-state index in [4.69, 9.17) is 4.74 Å². The summed E-state index contributed by atoms with van der Waals surface area (Å²) in [4.78, 5) is 42.2. The fourth-order valence-electron chi connectivity index (χ4n) is 2.57. The molecule has 0 radical (unpaired) electrons. The molecule has 2 aromatic heterocycles. The minimum Gasteiger partial charge on any atom is -0.456 e. The Balaban J connectivity index is 1.51. The van der Waals surface area contributed by atoms with Crippen LogP contribution in [0.2, 0.25) is 0 Å². The summed E-state index contributed by atoms with van der Waals surface area (Å²) in [5.41, 5.74) is 1.39. The van der Waals surface area contributed by atoms with Gasteiger partial charge in [0, 0.05) is 24.6 Å². The largest absolute Gasteiger partial charge is 0.456 e. The predicted octanol–water partition coefficient (Wildman–Crippen LogP) is 2.81. The number of fused-ring (bicyclic) bond motifs is 1. The average Bonchev–Trinajstić information content (AvgIpc) is 3.19. The molecular weight excluding hydrogens is 446 g/mol. The number of ether oxygens (including phenoxy) is 1. The van der Waals surface area contributed by atoms with Gasteiger partial charge in [0.1, 0.15) is 0 Å². The number of aromatic nitrogens is 2. The summed E-state index contributed by atoms with van der Waals surface area (Å²) in [5.74, 6) is -0.826. The van der Waals surface area contributed by atoms with E-state index < -0.39 is 5.97 Å². The number of hydrogen-bond donors (Lipinski definition) is 0. The first-order chi connectivity index (χ1) is 13.4. The lowest BCUT2D eigenvalue weighted by atomic mass is 10.2. The SMILES string of the molecule is CN(Cc1ccsc1)C(=O)COC(=O)CCn1cnc2ccc(Br)cc2c1=O. The normalized spacial score (nSPS) is 10.8. The van der Waals surface area contributed by atoms with Gasteiger partial charge in [-0.05, 0) is 40.6 Å². The van der Waals surface area contributed by atoms with Crippen molar-refractivity contribution in [2.24, 2.45) is 0 Å². The summed E-state index contributed by atoms with van der Waals surface area (Å²) in [6.07, 6.45) is 1.38. The van der Waals surface area contributed by atoms with Gasteiger partial charge in [0.2, 0.25) is 0 Å². The summed E-state index contributed by atoms with van der Waals surface area (Å²) < 4.78 is 7.18. The van der Waals surface area contributed by atoms with E-state index in [2.05, 4.69) is 20.9 Å². The molecule has 0 fully saturated rings. The Bertz CT molecular complexity index is 1050. The Morgan fingerprint density at radius 2 is 2.14 bits per heavy atom. The Morgan fingerprint density at radius 3 is 2.89 bits per heavy atom. The molecule has 3 aromatic rings. The quantitative estimate of drug-likeness (QED) is 0.503. The van der Waals surface area contributed by atoms with Gasteiger partial charge in [-0.1, -0.05) is 15.9 Å². The Hall–Kier alpha value is -2.52. The van der Waals surface area contributed by atoms with Gasteiger partial charge in [0.15, 0.2) is 6.61 Å². The van der Waals surface area contributed by atoms with Gasteiger partial charge in [0.25, 0.3) is 11.5 Å². The van der Waals surface area contributed by atoms with Crippen molar-refractivity contribution >= 4 is 50.0 Å². The minimum atomic E-state index is -0.543. The van der Waals surface area contributed by atoms with E-state index >= 15 is 0 Å². The van der Waals surface area contributed by atoms with E-state index in [1.807, 2.05) is 22.9 Å². The van der Waals surface area contributed by atoms with Crippen LogP contribution in [0.1, 0.15) is 12.0 Å². The van der Waals surface area contributed by atoms with Crippen LogP contribution in [0.5, 0.6) is 0 Å². The first-order valence-corrected chi connectivity index (χ1v) is 10.2. The maximum atomic E-state index is 12.5. The van der Waals surface area contributed by atoms with E-state index in [-0.39, 0.29) is 31.0 Å². The number of hydrogen-bond acceptors (Lipinski definition) is 6. The maximum Gasteiger partial charge on any atom is 0.308 e. The van der Waals surface area contributed by atoms with Crippen molar-refractivity contribution in [2.45, 2.75) is 19.5 Å². The van der Waals surface area contributed by atoms with Gasteiger partial charge < -0.3 is 9.64 Å². The molecule has 0 aliphatic rings. The molecule has 3 rings (SSSR count). The third-order valence-corrected chi connectivity index (χ3v) is 5.35. The molecule has 0 bridgehead atoms. The molecule has 1 amide bonds. The molecule has 7 nitrogen and oxygen atoms in total. The second kappa shape index (κ2) is 9.11. The standard InChI is InChI=1S/C19H18BrN3O4S/c1-22(9-13-5-7-28-11-13)17(24)10-27-18(25)4-6-23-12-21-16-3-2-14(20)8-15(16)19(23)26/h2-3,5,7-8,11-12H,4,6,9-10H2,1H3. The van der Waals surface area contributed by atoms with Crippen molar-refractivity contribution in [3.8, 4) is 0 Å². The van der Waals surface area contributed by atoms with Crippen molar-refractivity contribution in [1.29, 1.82) is 0 Å². The zero-order valence-electron chi connectivity index (χ0n) is 15.1. The summed E-state index contributed by atoms with van der Waals surface area (Å²) in [7, 11) is 1.66. The predicted molar refractivity (Wildman–Crippen MR) is 110 cm³/mol. The summed E-state index contributed by atoms with van der Waals surface area (Å²) in [6, 6.07) is 7.19. The number of nitrogens with zero attached hydrogens (tertiary/aromatic N) is 3. The van der Waals surface area contributed by atoms with Crippen LogP contribution in [0.3, 0.4) is 0 Å². The summed E-state index contributed by atoms with van der Waals surface area (Å²) in [5, 5.41) is 4.37. The van der Waals surface area contributed by atoms with E-state index in [9.17, 15) is 14.4 Å². The van der Waals surface area contributed by atoms with Crippen LogP contribution in [-0.2, 0) is 27.4 Å². The highest BCUT2D eigenvalue weighted by molar-refractivity contribution is 9.10. The van der Waals surface area contributed by atoms with Crippen LogP contribution < -0.4 is 5.56 Å². The number of benzene rings is 1. The number of carbonyl (C=O) groups is 2. The fraction of sp³-hybridized carbons (Fsp3) is 0.263. The van der Waals surface area contributed by atoms with E-state index in [0.29, 0.717) is 17.4 Å². The molecule has 1 aromatic carbocycles. The molecule has 0 unspecified atom stereocenters. The molecular formula is C19H18BrN3O4S. The minimum absolute atomic E-state index is 0.0252. The lowest BCUT2D eigenvalue weighted by molar-refractivity contribution is -0.151. The number of aryl methyl sites for hydroxylation is 1. The van der Waals surface area contributed by atoms with Gasteiger partial charge >= 0.3 is 5.97 Å². The molecule has 9 heteroatoms.